The molecule has 1 atom stereocenters. The van der Waals surface area contributed by atoms with Crippen LogP contribution < -0.4 is 36.2 Å². The Morgan fingerprint density at radius 3 is 2.09 bits per heavy atom. The Morgan fingerprint density at radius 2 is 1.33 bits per heavy atom. The van der Waals surface area contributed by atoms with E-state index in [4.69, 9.17) is 35.9 Å². The highest BCUT2D eigenvalue weighted by atomic mass is 32.1. The number of fused-ring (bicyclic) bond motifs is 7. The number of nitrogens with zero attached hydrogens (tertiary/aromatic N) is 4. The molecule has 22 heteroatoms. The third-order valence-electron chi connectivity index (χ3n) is 15.1. The summed E-state index contributed by atoms with van der Waals surface area (Å²) in [5.74, 6) is -1.07. The first kappa shape index (κ1) is 59.7. The summed E-state index contributed by atoms with van der Waals surface area (Å²) < 4.78 is 30.8. The number of amides is 4. The summed E-state index contributed by atoms with van der Waals surface area (Å²) in [6.45, 7) is 3.57. The molecule has 1 aromatic heterocycles. The zero-order valence-electron chi connectivity index (χ0n) is 47.7. The van der Waals surface area contributed by atoms with Crippen molar-refractivity contribution >= 4 is 64.0 Å². The standard InChI is InChI=1S/C66H63N9O12S/c76-47-21-24-54-58(38-47)86-59-39-48(77)22-25-55(59)66(54)53-23-20-45(37-52(53)64(82)87-66)70-65(88)67-28-31-83-33-35-85-36-34-84-32-30-74-41-46(72-73-74)40-68-60(78)26-27-61(79)71-56-14-8-29-75(57-15-7-6-13-51(56)57)63(81)43-16-18-44(19-17-43)69-62(80)50-12-5-4-11-49(50)42-9-2-1-3-10-42/h1-7,9-13,15-25,37-39,41,56,76-77H,8,14,26-36,40H2,(H,68,78)(H,69,80)(H,71,79)(H2,67,70,88). The number of aromatic hydroxyl groups is 2. The number of para-hydroxylation sites is 1. The third kappa shape index (κ3) is 13.8. The fraction of sp³-hybridized carbons (Fsp3) is 0.242. The summed E-state index contributed by atoms with van der Waals surface area (Å²) in [7, 11) is 0. The number of aromatic nitrogens is 3. The van der Waals surface area contributed by atoms with E-state index in [0.29, 0.717) is 145 Å². The molecule has 0 saturated carbocycles. The molecule has 450 valence electrons. The predicted octanol–water partition coefficient (Wildman–Crippen LogP) is 8.91. The molecule has 88 heavy (non-hydrogen) atoms. The summed E-state index contributed by atoms with van der Waals surface area (Å²) in [5.41, 5.74) is 6.51. The summed E-state index contributed by atoms with van der Waals surface area (Å²) in [6.07, 6.45) is 2.88. The highest BCUT2D eigenvalue weighted by molar-refractivity contribution is 7.80. The third-order valence-corrected chi connectivity index (χ3v) is 15.4. The molecule has 0 fully saturated rings. The number of carbonyl (C=O) groups excluding carboxylic acids is 5. The second-order valence-electron chi connectivity index (χ2n) is 21.0. The molecule has 0 radical (unpaired) electrons. The van der Waals surface area contributed by atoms with Gasteiger partial charge >= 0.3 is 5.97 Å². The molecule has 1 spiro atoms. The number of rotatable bonds is 23. The molecule has 3 aliphatic rings. The minimum Gasteiger partial charge on any atom is -0.508 e. The van der Waals surface area contributed by atoms with Crippen molar-refractivity contribution in [2.75, 3.05) is 68.3 Å². The van der Waals surface area contributed by atoms with Crippen molar-refractivity contribution in [3.05, 3.63) is 209 Å². The first-order valence-corrected chi connectivity index (χ1v) is 29.2. The molecule has 3 aliphatic heterocycles. The van der Waals surface area contributed by atoms with Gasteiger partial charge in [-0.25, -0.2) is 9.48 Å². The monoisotopic (exact) mass is 1210 g/mol. The molecule has 11 rings (SSSR count). The van der Waals surface area contributed by atoms with Crippen molar-refractivity contribution in [2.24, 2.45) is 0 Å². The van der Waals surface area contributed by atoms with Crippen LogP contribution in [-0.4, -0.2) is 113 Å². The molecule has 1 unspecified atom stereocenters. The Bertz CT molecular complexity index is 3830. The molecule has 0 aliphatic carbocycles. The molecule has 7 N–H and O–H groups in total. The molecular formula is C66H63N9O12S. The second kappa shape index (κ2) is 27.6. The summed E-state index contributed by atoms with van der Waals surface area (Å²) >= 11 is 5.50. The van der Waals surface area contributed by atoms with Gasteiger partial charge in [-0.15, -0.1) is 5.10 Å². The van der Waals surface area contributed by atoms with Crippen molar-refractivity contribution in [3.63, 3.8) is 0 Å². The van der Waals surface area contributed by atoms with E-state index in [-0.39, 0.29) is 60.6 Å². The first-order valence-electron chi connectivity index (χ1n) is 28.8. The molecule has 8 aromatic rings. The van der Waals surface area contributed by atoms with Crippen LogP contribution in [-0.2, 0) is 47.2 Å². The van der Waals surface area contributed by atoms with Crippen LogP contribution in [0.25, 0.3) is 11.1 Å². The molecule has 4 heterocycles. The fourth-order valence-electron chi connectivity index (χ4n) is 10.9. The lowest BCUT2D eigenvalue weighted by molar-refractivity contribution is -0.127. The smallest absolute Gasteiger partial charge is 0.340 e. The molecular weight excluding hydrogens is 1140 g/mol. The van der Waals surface area contributed by atoms with Crippen molar-refractivity contribution < 1.29 is 57.9 Å². The van der Waals surface area contributed by atoms with Gasteiger partial charge in [0.15, 0.2) is 10.7 Å². The largest absolute Gasteiger partial charge is 0.508 e. The van der Waals surface area contributed by atoms with Gasteiger partial charge < -0.3 is 65.4 Å². The van der Waals surface area contributed by atoms with Gasteiger partial charge in [-0.05, 0) is 115 Å². The van der Waals surface area contributed by atoms with Gasteiger partial charge in [-0.1, -0.05) is 78.0 Å². The fourth-order valence-corrected chi connectivity index (χ4v) is 11.1. The highest BCUT2D eigenvalue weighted by Gasteiger charge is 2.54. The van der Waals surface area contributed by atoms with E-state index < -0.39 is 11.6 Å². The van der Waals surface area contributed by atoms with Crippen molar-refractivity contribution in [1.82, 2.24) is 30.9 Å². The van der Waals surface area contributed by atoms with E-state index in [1.807, 2.05) is 72.8 Å². The number of ether oxygens (including phenoxy) is 5. The van der Waals surface area contributed by atoms with E-state index in [1.54, 1.807) is 76.4 Å². The van der Waals surface area contributed by atoms with Crippen LogP contribution in [0.1, 0.15) is 90.7 Å². The van der Waals surface area contributed by atoms with E-state index in [1.165, 1.54) is 24.3 Å². The Kier molecular flexibility index (Phi) is 18.7. The van der Waals surface area contributed by atoms with Crippen LogP contribution in [0.15, 0.2) is 164 Å². The number of benzene rings is 7. The van der Waals surface area contributed by atoms with Crippen molar-refractivity contribution in [3.8, 4) is 34.1 Å². The average Bonchev–Trinajstić information content (AvgIpc) is 1.47. The number of esters is 1. The number of thiocarbonyl (C=S) groups is 1. The average molecular weight is 1210 g/mol. The lowest BCUT2D eigenvalue weighted by Crippen LogP contribution is -2.33. The van der Waals surface area contributed by atoms with Crippen LogP contribution in [0, 0.1) is 0 Å². The maximum Gasteiger partial charge on any atom is 0.340 e. The number of phenols is 2. The second-order valence-corrected chi connectivity index (χ2v) is 21.4. The predicted molar refractivity (Wildman–Crippen MR) is 330 cm³/mol. The van der Waals surface area contributed by atoms with Gasteiger partial charge in [0, 0.05) is 82.9 Å². The van der Waals surface area contributed by atoms with Crippen LogP contribution in [0.3, 0.4) is 0 Å². The van der Waals surface area contributed by atoms with Gasteiger partial charge in [0.2, 0.25) is 11.8 Å². The van der Waals surface area contributed by atoms with Gasteiger partial charge in [-0.2, -0.15) is 0 Å². The van der Waals surface area contributed by atoms with Gasteiger partial charge in [0.05, 0.1) is 70.5 Å². The first-order chi connectivity index (χ1) is 42.9. The van der Waals surface area contributed by atoms with Gasteiger partial charge in [0.1, 0.15) is 28.7 Å². The van der Waals surface area contributed by atoms with E-state index in [2.05, 4.69) is 36.9 Å². The molecule has 0 saturated heterocycles. The van der Waals surface area contributed by atoms with Crippen molar-refractivity contribution in [1.29, 1.82) is 0 Å². The minimum absolute atomic E-state index is 0.0266. The maximum absolute atomic E-state index is 14.1. The lowest BCUT2D eigenvalue weighted by Gasteiger charge is -2.36. The lowest BCUT2D eigenvalue weighted by atomic mass is 9.77. The molecule has 4 amide bonds. The zero-order valence-corrected chi connectivity index (χ0v) is 48.6. The van der Waals surface area contributed by atoms with E-state index in [9.17, 15) is 34.2 Å². The summed E-state index contributed by atoms with van der Waals surface area (Å²) in [6, 6.07) is 45.6. The summed E-state index contributed by atoms with van der Waals surface area (Å²) in [5, 5.41) is 44.1. The number of phenolic OH excluding ortho intramolecular Hbond substituents is 2. The van der Waals surface area contributed by atoms with E-state index >= 15 is 0 Å². The van der Waals surface area contributed by atoms with Crippen LogP contribution in [0.5, 0.6) is 23.0 Å². The molecule has 7 aromatic carbocycles. The quantitative estimate of drug-likeness (QED) is 0.0179. The maximum atomic E-state index is 14.1. The number of hydrogen-bond donors (Lipinski definition) is 7. The Hall–Kier alpha value is -10.0. The number of carbonyl (C=O) groups is 5. The Labute approximate surface area is 511 Å². The Morgan fingerprint density at radius 1 is 0.670 bits per heavy atom. The van der Waals surface area contributed by atoms with Crippen LogP contribution >= 0.6 is 12.2 Å². The van der Waals surface area contributed by atoms with E-state index in [0.717, 1.165) is 16.7 Å². The Balaban J connectivity index is 0.537. The molecule has 0 bridgehead atoms. The topological polar surface area (TPSA) is 266 Å². The van der Waals surface area contributed by atoms with Gasteiger partial charge in [-0.3, -0.25) is 19.2 Å². The minimum atomic E-state index is -1.36. The SMILES string of the molecule is O=C(CCC(=O)NC1CCCN(C(=O)c2ccc(NC(=O)c3ccccc3-c3ccccc3)cc2)c2ccccc21)NCc1cn(CCOCCOCCOCCNC(=S)Nc2ccc3c(c2)C(=O)OC32c3ccc(O)cc3Oc3cc(O)ccc32)nn1. The zero-order chi connectivity index (χ0) is 61.0. The highest BCUT2D eigenvalue weighted by Crippen LogP contribution is 2.57. The van der Waals surface area contributed by atoms with Crippen LogP contribution in [0.2, 0.25) is 0 Å². The summed E-state index contributed by atoms with van der Waals surface area (Å²) in [4.78, 5) is 68.8. The number of anilines is 3. The molecule has 21 nitrogen and oxygen atoms in total. The van der Waals surface area contributed by atoms with Crippen LogP contribution in [0.4, 0.5) is 17.1 Å². The number of hydrogen-bond acceptors (Lipinski definition) is 15. The number of nitrogens with one attached hydrogen (secondary N) is 5. The normalized spacial score (nSPS) is 14.2. The van der Waals surface area contributed by atoms with Gasteiger partial charge in [0.25, 0.3) is 11.8 Å². The van der Waals surface area contributed by atoms with Crippen molar-refractivity contribution in [2.45, 2.75) is 50.4 Å².